The topological polar surface area (TPSA) is 90.2 Å². The van der Waals surface area contributed by atoms with Gasteiger partial charge < -0.3 is 16.4 Å². The summed E-state index contributed by atoms with van der Waals surface area (Å²) in [4.78, 5) is 18.4. The zero-order valence-corrected chi connectivity index (χ0v) is 15.3. The number of hydrogen-bond donors (Lipinski definition) is 2. The molecule has 0 amide bonds. The molecule has 1 aromatic heterocycles. The highest BCUT2D eigenvalue weighted by Crippen LogP contribution is 2.30. The summed E-state index contributed by atoms with van der Waals surface area (Å²) in [6.07, 6.45) is 8.41. The monoisotopic (exact) mass is 353 g/mol. The van der Waals surface area contributed by atoms with Crippen LogP contribution >= 0.6 is 0 Å². The van der Waals surface area contributed by atoms with E-state index in [1.165, 1.54) is 17.5 Å². The van der Waals surface area contributed by atoms with E-state index in [4.69, 9.17) is 11.5 Å². The lowest BCUT2D eigenvalue weighted by Crippen LogP contribution is -2.42. The minimum absolute atomic E-state index is 0.252. The Balaban J connectivity index is 1.53. The van der Waals surface area contributed by atoms with Gasteiger partial charge in [0.2, 0.25) is 0 Å². The third kappa shape index (κ3) is 3.27. The average molecular weight is 353 g/mol. The molecule has 3 atom stereocenters. The predicted octanol–water partition coefficient (Wildman–Crippen LogP) is 1.48. The second-order valence-electron chi connectivity index (χ2n) is 7.75. The molecular formula is C20H27N5O. The Bertz CT molecular complexity index is 862. The summed E-state index contributed by atoms with van der Waals surface area (Å²) >= 11 is 0. The molecule has 4 rings (SSSR count). The normalized spacial score (nSPS) is 25.4. The van der Waals surface area contributed by atoms with Crippen molar-refractivity contribution in [2.24, 2.45) is 5.73 Å². The van der Waals surface area contributed by atoms with Crippen molar-refractivity contribution in [1.29, 1.82) is 0 Å². The van der Waals surface area contributed by atoms with Gasteiger partial charge in [-0.25, -0.2) is 4.79 Å². The Morgan fingerprint density at radius 1 is 1.15 bits per heavy atom. The quantitative estimate of drug-likeness (QED) is 0.872. The van der Waals surface area contributed by atoms with Crippen molar-refractivity contribution in [2.45, 2.75) is 56.7 Å². The number of fused-ring (bicyclic) bond motifs is 1. The molecule has 0 bridgehead atoms. The van der Waals surface area contributed by atoms with Crippen molar-refractivity contribution in [3.8, 4) is 5.69 Å². The zero-order chi connectivity index (χ0) is 18.3. The maximum atomic E-state index is 12.1. The van der Waals surface area contributed by atoms with E-state index >= 15 is 0 Å². The molecule has 3 unspecified atom stereocenters. The number of nitrogen functional groups attached to an aromatic ring is 1. The van der Waals surface area contributed by atoms with E-state index in [1.54, 1.807) is 16.8 Å². The Morgan fingerprint density at radius 3 is 2.73 bits per heavy atom. The Morgan fingerprint density at radius 2 is 2.00 bits per heavy atom. The molecule has 0 spiro atoms. The number of likely N-dealkylation sites (N-methyl/N-ethyl adjacent to an activating group) is 1. The Hall–Kier alpha value is -2.18. The lowest BCUT2D eigenvalue weighted by atomic mass is 9.86. The molecule has 1 fully saturated rings. The van der Waals surface area contributed by atoms with E-state index in [9.17, 15) is 4.79 Å². The van der Waals surface area contributed by atoms with Crippen molar-refractivity contribution in [2.75, 3.05) is 12.8 Å². The van der Waals surface area contributed by atoms with Crippen LogP contribution in [0.4, 0.5) is 5.82 Å². The van der Waals surface area contributed by atoms with Crippen molar-refractivity contribution >= 4 is 5.82 Å². The lowest BCUT2D eigenvalue weighted by molar-refractivity contribution is 0.159. The molecule has 6 nitrogen and oxygen atoms in total. The summed E-state index contributed by atoms with van der Waals surface area (Å²) in [6, 6.07) is 9.50. The lowest BCUT2D eigenvalue weighted by Gasteiger charge is -2.36. The highest BCUT2D eigenvalue weighted by molar-refractivity contribution is 5.43. The van der Waals surface area contributed by atoms with E-state index in [2.05, 4.69) is 29.1 Å². The van der Waals surface area contributed by atoms with E-state index < -0.39 is 0 Å². The number of aromatic nitrogens is 2. The molecule has 26 heavy (non-hydrogen) atoms. The molecule has 6 heteroatoms. The number of aryl methyl sites for hydroxylation is 1. The minimum atomic E-state index is -0.337. The van der Waals surface area contributed by atoms with Crippen molar-refractivity contribution in [1.82, 2.24) is 14.5 Å². The van der Waals surface area contributed by atoms with Gasteiger partial charge >= 0.3 is 5.69 Å². The fraction of sp³-hybridized carbons (Fsp3) is 0.500. The van der Waals surface area contributed by atoms with Crippen LogP contribution < -0.4 is 17.2 Å². The van der Waals surface area contributed by atoms with Gasteiger partial charge in [0.1, 0.15) is 5.82 Å². The van der Waals surface area contributed by atoms with E-state index in [0.29, 0.717) is 18.1 Å². The minimum Gasteiger partial charge on any atom is -0.383 e. The molecule has 0 saturated heterocycles. The van der Waals surface area contributed by atoms with Crippen LogP contribution in [-0.2, 0) is 12.8 Å². The van der Waals surface area contributed by atoms with Gasteiger partial charge in [-0.2, -0.15) is 4.98 Å². The Kier molecular flexibility index (Phi) is 4.54. The zero-order valence-electron chi connectivity index (χ0n) is 15.3. The second-order valence-corrected chi connectivity index (χ2v) is 7.75. The summed E-state index contributed by atoms with van der Waals surface area (Å²) in [5, 5.41) is 0. The van der Waals surface area contributed by atoms with Crippen LogP contribution in [-0.4, -0.2) is 39.6 Å². The van der Waals surface area contributed by atoms with Gasteiger partial charge in [0.05, 0.1) is 5.69 Å². The number of nitrogens with two attached hydrogens (primary N) is 2. The molecule has 1 saturated carbocycles. The van der Waals surface area contributed by atoms with Crippen LogP contribution in [0.15, 0.2) is 35.3 Å². The number of anilines is 1. The first-order valence-electron chi connectivity index (χ1n) is 9.46. The van der Waals surface area contributed by atoms with Gasteiger partial charge in [-0.15, -0.1) is 0 Å². The highest BCUT2D eigenvalue weighted by atomic mass is 16.1. The summed E-state index contributed by atoms with van der Waals surface area (Å²) in [6.45, 7) is 0. The second kappa shape index (κ2) is 6.85. The summed E-state index contributed by atoms with van der Waals surface area (Å²) in [5.74, 6) is 0.252. The van der Waals surface area contributed by atoms with Crippen molar-refractivity contribution < 1.29 is 0 Å². The molecule has 0 aliphatic heterocycles. The largest absolute Gasteiger partial charge is 0.383 e. The molecule has 2 aliphatic rings. The standard InChI is InChI=1S/C20H27N5O/c1-24(17-7-4-15(21)12-17)16-5-2-14-11-18(6-3-13(14)10-16)25-9-8-19(22)23-20(25)26/h3,6,8-9,11,15-17H,2,4-5,7,10,12,21H2,1H3,(H2,22,23,26). The van der Waals surface area contributed by atoms with Crippen LogP contribution in [0.5, 0.6) is 0 Å². The molecule has 2 aliphatic carbocycles. The number of benzene rings is 1. The summed E-state index contributed by atoms with van der Waals surface area (Å²) in [5.41, 5.74) is 14.9. The summed E-state index contributed by atoms with van der Waals surface area (Å²) in [7, 11) is 2.26. The average Bonchev–Trinajstić information content (AvgIpc) is 3.06. The fourth-order valence-corrected chi connectivity index (χ4v) is 4.49. The first-order chi connectivity index (χ1) is 12.5. The highest BCUT2D eigenvalue weighted by Gasteiger charge is 2.31. The number of rotatable bonds is 3. The van der Waals surface area contributed by atoms with Crippen LogP contribution in [0.25, 0.3) is 5.69 Å². The van der Waals surface area contributed by atoms with Gasteiger partial charge in [0.15, 0.2) is 0 Å². The van der Waals surface area contributed by atoms with Crippen molar-refractivity contribution in [3.05, 3.63) is 52.1 Å². The number of hydrogen-bond acceptors (Lipinski definition) is 5. The molecule has 1 heterocycles. The fourth-order valence-electron chi connectivity index (χ4n) is 4.49. The maximum absolute atomic E-state index is 12.1. The predicted molar refractivity (Wildman–Crippen MR) is 103 cm³/mol. The summed E-state index contributed by atoms with van der Waals surface area (Å²) < 4.78 is 1.55. The molecule has 1 aromatic carbocycles. The van der Waals surface area contributed by atoms with E-state index in [-0.39, 0.29) is 11.5 Å². The SMILES string of the molecule is CN(C1CCc2cc(-n3ccc(N)nc3=O)ccc2C1)C1CCC(N)C1. The van der Waals surface area contributed by atoms with Crippen LogP contribution in [0.1, 0.15) is 36.8 Å². The van der Waals surface area contributed by atoms with E-state index in [0.717, 1.165) is 37.8 Å². The maximum Gasteiger partial charge on any atom is 0.354 e. The molecule has 4 N–H and O–H groups in total. The van der Waals surface area contributed by atoms with Gasteiger partial charge in [-0.1, -0.05) is 6.07 Å². The van der Waals surface area contributed by atoms with E-state index in [1.807, 2.05) is 6.07 Å². The molecule has 0 radical (unpaired) electrons. The smallest absolute Gasteiger partial charge is 0.354 e. The van der Waals surface area contributed by atoms with Gasteiger partial charge in [-0.3, -0.25) is 4.57 Å². The van der Waals surface area contributed by atoms with Gasteiger partial charge in [-0.05, 0) is 74.9 Å². The molecular weight excluding hydrogens is 326 g/mol. The van der Waals surface area contributed by atoms with Crippen molar-refractivity contribution in [3.63, 3.8) is 0 Å². The van der Waals surface area contributed by atoms with Crippen LogP contribution in [0, 0.1) is 0 Å². The first kappa shape index (κ1) is 17.2. The van der Waals surface area contributed by atoms with Gasteiger partial charge in [0, 0.05) is 24.3 Å². The first-order valence-corrected chi connectivity index (χ1v) is 9.46. The van der Waals surface area contributed by atoms with Crippen LogP contribution in [0.2, 0.25) is 0 Å². The van der Waals surface area contributed by atoms with Gasteiger partial charge in [0.25, 0.3) is 0 Å². The third-order valence-electron chi connectivity index (χ3n) is 6.09. The molecule has 138 valence electrons. The van der Waals surface area contributed by atoms with Crippen LogP contribution in [0.3, 0.4) is 0 Å². The Labute approximate surface area is 153 Å². The molecule has 2 aromatic rings. The number of nitrogens with zero attached hydrogens (tertiary/aromatic N) is 3. The third-order valence-corrected chi connectivity index (χ3v) is 6.09.